The van der Waals surface area contributed by atoms with E-state index in [1.807, 2.05) is 0 Å². The summed E-state index contributed by atoms with van der Waals surface area (Å²) in [5, 5.41) is 0. The Morgan fingerprint density at radius 3 is 3.11 bits per heavy atom. The van der Waals surface area contributed by atoms with Crippen LogP contribution in [0.15, 0.2) is 12.0 Å². The van der Waals surface area contributed by atoms with Gasteiger partial charge in [0.05, 0.1) is 6.54 Å². The quantitative estimate of drug-likeness (QED) is 0.516. The fourth-order valence-electron chi connectivity index (χ4n) is 0.929. The highest BCUT2D eigenvalue weighted by Crippen LogP contribution is 2.11. The van der Waals surface area contributed by atoms with Crippen molar-refractivity contribution in [1.82, 2.24) is 4.90 Å². The minimum Gasteiger partial charge on any atom is -0.477 e. The van der Waals surface area contributed by atoms with Crippen LogP contribution in [0.25, 0.3) is 0 Å². The van der Waals surface area contributed by atoms with Gasteiger partial charge < -0.3 is 9.64 Å². The van der Waals surface area contributed by atoms with Crippen molar-refractivity contribution in [3.63, 3.8) is 0 Å². The van der Waals surface area contributed by atoms with Gasteiger partial charge in [-0.1, -0.05) is 0 Å². The van der Waals surface area contributed by atoms with Gasteiger partial charge in [0, 0.05) is 6.54 Å². The maximum absolute atomic E-state index is 5.27. The van der Waals surface area contributed by atoms with Crippen LogP contribution >= 0.6 is 0 Å². The molecule has 0 aromatic carbocycles. The third kappa shape index (κ3) is 1.18. The van der Waals surface area contributed by atoms with Crippen LogP contribution in [0, 0.1) is 6.92 Å². The molecule has 0 aromatic heterocycles. The number of hydrogen-bond donors (Lipinski definition) is 0. The second-order valence-electron chi connectivity index (χ2n) is 1.93. The van der Waals surface area contributed by atoms with Crippen LogP contribution < -0.4 is 0 Å². The molecular formula is C7H11NO. The van der Waals surface area contributed by atoms with Gasteiger partial charge >= 0.3 is 0 Å². The Balaban J connectivity index is 2.52. The lowest BCUT2D eigenvalue weighted by Crippen LogP contribution is -2.17. The first kappa shape index (κ1) is 6.46. The van der Waals surface area contributed by atoms with Crippen molar-refractivity contribution < 1.29 is 4.74 Å². The Morgan fingerprint density at radius 2 is 2.67 bits per heavy atom. The summed E-state index contributed by atoms with van der Waals surface area (Å²) in [5.41, 5.74) is 0. The Labute approximate surface area is 56.1 Å². The molecule has 2 heteroatoms. The lowest BCUT2D eigenvalue weighted by Gasteiger charge is -2.12. The van der Waals surface area contributed by atoms with E-state index in [0.717, 1.165) is 25.6 Å². The molecule has 1 saturated heterocycles. The first-order chi connectivity index (χ1) is 4.38. The van der Waals surface area contributed by atoms with E-state index in [2.05, 4.69) is 11.8 Å². The van der Waals surface area contributed by atoms with Gasteiger partial charge in [-0.3, -0.25) is 0 Å². The van der Waals surface area contributed by atoms with Crippen LogP contribution in [0.2, 0.25) is 0 Å². The molecular weight excluding hydrogens is 114 g/mol. The molecule has 0 aliphatic carbocycles. The standard InChI is InChI=1S/C7H11NO/c1-3-7-8(4-2)5-6-9-7/h1,3H,4-6H2,2H3. The molecule has 1 rings (SSSR count). The first-order valence-electron chi connectivity index (χ1n) is 3.18. The van der Waals surface area contributed by atoms with Crippen LogP contribution in [0.1, 0.15) is 6.92 Å². The zero-order valence-electron chi connectivity index (χ0n) is 5.63. The maximum Gasteiger partial charge on any atom is 0.185 e. The molecule has 2 nitrogen and oxygen atoms in total. The lowest BCUT2D eigenvalue weighted by atomic mass is 10.5. The highest BCUT2D eigenvalue weighted by molar-refractivity contribution is 4.97. The molecule has 9 heavy (non-hydrogen) atoms. The zero-order chi connectivity index (χ0) is 6.69. The molecule has 0 spiro atoms. The molecule has 2 radical (unpaired) electrons. The summed E-state index contributed by atoms with van der Waals surface area (Å²) in [4.78, 5) is 2.10. The minimum atomic E-state index is 0.775. The van der Waals surface area contributed by atoms with Crippen LogP contribution in [0.4, 0.5) is 0 Å². The highest BCUT2D eigenvalue weighted by atomic mass is 16.5. The van der Waals surface area contributed by atoms with Crippen molar-refractivity contribution in [3.05, 3.63) is 18.9 Å². The molecule has 0 aromatic rings. The summed E-state index contributed by atoms with van der Waals surface area (Å²) < 4.78 is 5.17. The first-order valence-corrected chi connectivity index (χ1v) is 3.18. The fourth-order valence-corrected chi connectivity index (χ4v) is 0.929. The van der Waals surface area contributed by atoms with Crippen molar-refractivity contribution >= 4 is 0 Å². The van der Waals surface area contributed by atoms with Gasteiger partial charge in [-0.25, -0.2) is 0 Å². The number of nitrogens with zero attached hydrogens (tertiary/aromatic N) is 1. The summed E-state index contributed by atoms with van der Waals surface area (Å²) in [7, 11) is 0. The van der Waals surface area contributed by atoms with E-state index < -0.39 is 0 Å². The molecule has 0 unspecified atom stereocenters. The van der Waals surface area contributed by atoms with Gasteiger partial charge in [-0.05, 0) is 19.9 Å². The van der Waals surface area contributed by atoms with Gasteiger partial charge in [-0.15, -0.1) is 0 Å². The predicted octanol–water partition coefficient (Wildman–Crippen LogP) is 0.891. The number of ether oxygens (including phenoxy) is 1. The molecule has 1 aliphatic heterocycles. The molecule has 50 valence electrons. The van der Waals surface area contributed by atoms with Gasteiger partial charge in [0.1, 0.15) is 6.61 Å². The SMILES string of the molecule is [CH]C=C1OCCN1CC. The van der Waals surface area contributed by atoms with Crippen molar-refractivity contribution in [3.8, 4) is 0 Å². The molecule has 0 amide bonds. The predicted molar refractivity (Wildman–Crippen MR) is 35.6 cm³/mol. The topological polar surface area (TPSA) is 12.5 Å². The molecule has 0 saturated carbocycles. The molecule has 0 atom stereocenters. The van der Waals surface area contributed by atoms with Crippen molar-refractivity contribution in [2.45, 2.75) is 6.92 Å². The Kier molecular flexibility index (Phi) is 1.98. The average molecular weight is 125 g/mol. The zero-order valence-corrected chi connectivity index (χ0v) is 5.63. The number of allylic oxidation sites excluding steroid dienone is 1. The summed E-state index contributed by atoms with van der Waals surface area (Å²) in [6.45, 7) is 10.1. The normalized spacial score (nSPS) is 22.9. The number of hydrogen-bond acceptors (Lipinski definition) is 2. The van der Waals surface area contributed by atoms with E-state index in [0.29, 0.717) is 0 Å². The summed E-state index contributed by atoms with van der Waals surface area (Å²) >= 11 is 0. The van der Waals surface area contributed by atoms with Gasteiger partial charge in [0.2, 0.25) is 0 Å². The van der Waals surface area contributed by atoms with E-state index in [-0.39, 0.29) is 0 Å². The van der Waals surface area contributed by atoms with Gasteiger partial charge in [0.15, 0.2) is 5.88 Å². The van der Waals surface area contributed by atoms with E-state index in [9.17, 15) is 0 Å². The van der Waals surface area contributed by atoms with Gasteiger partial charge in [0.25, 0.3) is 0 Å². The van der Waals surface area contributed by atoms with E-state index in [1.165, 1.54) is 6.08 Å². The van der Waals surface area contributed by atoms with Crippen molar-refractivity contribution in [2.24, 2.45) is 0 Å². The second kappa shape index (κ2) is 2.76. The minimum absolute atomic E-state index is 0.775. The van der Waals surface area contributed by atoms with E-state index in [4.69, 9.17) is 11.7 Å². The summed E-state index contributed by atoms with van der Waals surface area (Å²) in [6, 6.07) is 0. The second-order valence-corrected chi connectivity index (χ2v) is 1.93. The number of rotatable bonds is 1. The van der Waals surface area contributed by atoms with Crippen LogP contribution in [0.5, 0.6) is 0 Å². The van der Waals surface area contributed by atoms with Crippen LogP contribution in [0.3, 0.4) is 0 Å². The van der Waals surface area contributed by atoms with E-state index in [1.54, 1.807) is 0 Å². The average Bonchev–Trinajstić information content (AvgIpc) is 2.33. The Bertz CT molecular complexity index is 120. The molecule has 0 N–H and O–H groups in total. The largest absolute Gasteiger partial charge is 0.477 e. The van der Waals surface area contributed by atoms with Crippen LogP contribution in [-0.4, -0.2) is 24.6 Å². The fraction of sp³-hybridized carbons (Fsp3) is 0.571. The third-order valence-electron chi connectivity index (χ3n) is 1.45. The molecule has 1 aliphatic rings. The summed E-state index contributed by atoms with van der Waals surface area (Å²) in [6.07, 6.45) is 1.51. The lowest BCUT2D eigenvalue weighted by molar-refractivity contribution is 0.237. The molecule has 1 heterocycles. The maximum atomic E-state index is 5.27. The van der Waals surface area contributed by atoms with Gasteiger partial charge in [-0.2, -0.15) is 0 Å². The third-order valence-corrected chi connectivity index (χ3v) is 1.45. The molecule has 1 fully saturated rings. The van der Waals surface area contributed by atoms with Crippen molar-refractivity contribution in [2.75, 3.05) is 19.7 Å². The Morgan fingerprint density at radius 1 is 1.89 bits per heavy atom. The van der Waals surface area contributed by atoms with E-state index >= 15 is 0 Å². The van der Waals surface area contributed by atoms with Crippen molar-refractivity contribution in [1.29, 1.82) is 0 Å². The number of likely N-dealkylation sites (N-methyl/N-ethyl adjacent to an activating group) is 1. The highest BCUT2D eigenvalue weighted by Gasteiger charge is 2.13. The summed E-state index contributed by atoms with van der Waals surface area (Å²) in [5.74, 6) is 0.817. The monoisotopic (exact) mass is 125 g/mol. The smallest absolute Gasteiger partial charge is 0.185 e. The van der Waals surface area contributed by atoms with Crippen LogP contribution in [-0.2, 0) is 4.74 Å². The Hall–Kier alpha value is -0.660. The molecule has 0 bridgehead atoms.